The van der Waals surface area contributed by atoms with E-state index in [4.69, 9.17) is 0 Å². The van der Waals surface area contributed by atoms with Gasteiger partial charge in [-0.3, -0.25) is 0 Å². The fraction of sp³-hybridized carbons (Fsp3) is 0.500. The van der Waals surface area contributed by atoms with Crippen LogP contribution in [-0.4, -0.2) is 12.6 Å². The number of rotatable bonds is 3. The average Bonchev–Trinajstić information content (AvgIpc) is 2.01. The van der Waals surface area contributed by atoms with Crippen molar-refractivity contribution in [2.75, 3.05) is 6.61 Å². The van der Waals surface area contributed by atoms with Crippen molar-refractivity contribution in [1.29, 1.82) is 0 Å². The van der Waals surface area contributed by atoms with E-state index in [-0.39, 0.29) is 12.6 Å². The van der Waals surface area contributed by atoms with Gasteiger partial charge in [0.25, 0.3) is 0 Å². The lowest BCUT2D eigenvalue weighted by atomic mass is 10.4. The number of carbonyl (C=O) groups excluding carboxylic acids is 1. The topological polar surface area (TPSA) is 26.3 Å². The lowest BCUT2D eigenvalue weighted by Gasteiger charge is -1.97. The molecule has 0 heterocycles. The van der Waals surface area contributed by atoms with Crippen LogP contribution in [0.25, 0.3) is 0 Å². The molecule has 0 aliphatic heterocycles. The van der Waals surface area contributed by atoms with Crippen molar-refractivity contribution in [2.24, 2.45) is 0 Å². The van der Waals surface area contributed by atoms with E-state index in [9.17, 15) is 4.79 Å². The van der Waals surface area contributed by atoms with Gasteiger partial charge in [0.1, 0.15) is 6.61 Å². The SMILES string of the molecule is C=CCOC(=O)C(=C)C.CCC. The van der Waals surface area contributed by atoms with E-state index in [1.54, 1.807) is 6.92 Å². The first-order valence-corrected chi connectivity index (χ1v) is 4.03. The molecule has 70 valence electrons. The van der Waals surface area contributed by atoms with Crippen LogP contribution in [0.3, 0.4) is 0 Å². The zero-order chi connectivity index (χ0) is 9.98. The second kappa shape index (κ2) is 9.95. The maximum Gasteiger partial charge on any atom is 0.333 e. The zero-order valence-electron chi connectivity index (χ0n) is 8.22. The monoisotopic (exact) mass is 170 g/mol. The predicted octanol–water partition coefficient (Wildman–Crippen LogP) is 2.71. The third kappa shape index (κ3) is 11.7. The number of carbonyl (C=O) groups is 1. The number of ether oxygens (including phenoxy) is 1. The molecule has 12 heavy (non-hydrogen) atoms. The molecule has 0 aromatic rings. The molecule has 0 spiro atoms. The van der Waals surface area contributed by atoms with E-state index in [2.05, 4.69) is 31.7 Å². The third-order valence-corrected chi connectivity index (χ3v) is 0.681. The summed E-state index contributed by atoms with van der Waals surface area (Å²) in [5.74, 6) is -0.366. The molecule has 0 fully saturated rings. The minimum Gasteiger partial charge on any atom is -0.458 e. The molecular formula is C10H18O2. The number of esters is 1. The first-order valence-electron chi connectivity index (χ1n) is 4.03. The maximum atomic E-state index is 10.5. The molecule has 0 aromatic carbocycles. The first-order chi connectivity index (χ1) is 5.59. The number of hydrogen-bond donors (Lipinski definition) is 0. The highest BCUT2D eigenvalue weighted by Gasteiger charge is 1.98. The van der Waals surface area contributed by atoms with E-state index in [1.165, 1.54) is 12.5 Å². The molecule has 0 aliphatic rings. The molecule has 0 bridgehead atoms. The Balaban J connectivity index is 0. The van der Waals surface area contributed by atoms with Gasteiger partial charge in [0.05, 0.1) is 0 Å². The molecule has 0 N–H and O–H groups in total. The summed E-state index contributed by atoms with van der Waals surface area (Å²) in [6.45, 7) is 12.9. The zero-order valence-corrected chi connectivity index (χ0v) is 8.22. The number of hydrogen-bond acceptors (Lipinski definition) is 2. The Morgan fingerprint density at radius 2 is 1.92 bits per heavy atom. The molecule has 0 saturated heterocycles. The molecule has 2 heteroatoms. The standard InChI is InChI=1S/C7H10O2.C3H8/c1-4-5-9-7(8)6(2)3;1-3-2/h4H,1-2,5H2,3H3;3H2,1-2H3. The van der Waals surface area contributed by atoms with Crippen molar-refractivity contribution in [3.05, 3.63) is 24.8 Å². The highest BCUT2D eigenvalue weighted by molar-refractivity contribution is 5.86. The Bertz CT molecular complexity index is 148. The van der Waals surface area contributed by atoms with Crippen LogP contribution in [0.15, 0.2) is 24.8 Å². The summed E-state index contributed by atoms with van der Waals surface area (Å²) in [5, 5.41) is 0. The van der Waals surface area contributed by atoms with E-state index < -0.39 is 0 Å². The van der Waals surface area contributed by atoms with Crippen LogP contribution in [0, 0.1) is 0 Å². The van der Waals surface area contributed by atoms with Crippen LogP contribution in [-0.2, 0) is 9.53 Å². The van der Waals surface area contributed by atoms with Crippen LogP contribution in [0.1, 0.15) is 27.2 Å². The van der Waals surface area contributed by atoms with Crippen molar-refractivity contribution in [3.63, 3.8) is 0 Å². The van der Waals surface area contributed by atoms with Crippen molar-refractivity contribution in [1.82, 2.24) is 0 Å². The Hall–Kier alpha value is -1.05. The molecular weight excluding hydrogens is 152 g/mol. The lowest BCUT2D eigenvalue weighted by Crippen LogP contribution is -2.03. The lowest BCUT2D eigenvalue weighted by molar-refractivity contribution is -0.137. The van der Waals surface area contributed by atoms with E-state index in [0.29, 0.717) is 5.57 Å². The van der Waals surface area contributed by atoms with Gasteiger partial charge in [-0.2, -0.15) is 0 Å². The van der Waals surface area contributed by atoms with Crippen LogP contribution < -0.4 is 0 Å². The summed E-state index contributed by atoms with van der Waals surface area (Å²) in [6.07, 6.45) is 2.76. The molecule has 2 nitrogen and oxygen atoms in total. The minimum absolute atomic E-state index is 0.256. The Labute approximate surface area is 74.9 Å². The molecule has 0 unspecified atom stereocenters. The maximum absolute atomic E-state index is 10.5. The third-order valence-electron chi connectivity index (χ3n) is 0.681. The predicted molar refractivity (Wildman–Crippen MR) is 51.9 cm³/mol. The second-order valence-electron chi connectivity index (χ2n) is 2.37. The van der Waals surface area contributed by atoms with Crippen molar-refractivity contribution in [3.8, 4) is 0 Å². The van der Waals surface area contributed by atoms with Gasteiger partial charge in [-0.15, -0.1) is 0 Å². The van der Waals surface area contributed by atoms with Crippen LogP contribution in [0.2, 0.25) is 0 Å². The summed E-state index contributed by atoms with van der Waals surface area (Å²) in [4.78, 5) is 10.5. The van der Waals surface area contributed by atoms with Crippen LogP contribution in [0.5, 0.6) is 0 Å². The average molecular weight is 170 g/mol. The van der Waals surface area contributed by atoms with Gasteiger partial charge in [-0.25, -0.2) is 4.79 Å². The molecule has 0 rings (SSSR count). The minimum atomic E-state index is -0.366. The fourth-order valence-corrected chi connectivity index (χ4v) is 0.258. The van der Waals surface area contributed by atoms with Crippen molar-refractivity contribution >= 4 is 5.97 Å². The molecule has 0 aliphatic carbocycles. The molecule has 0 saturated carbocycles. The molecule has 0 atom stereocenters. The Morgan fingerprint density at radius 1 is 1.50 bits per heavy atom. The largest absolute Gasteiger partial charge is 0.458 e. The van der Waals surface area contributed by atoms with Gasteiger partial charge in [0, 0.05) is 5.57 Å². The molecule has 0 aromatic heterocycles. The molecule has 0 amide bonds. The second-order valence-corrected chi connectivity index (χ2v) is 2.37. The Kier molecular flexibility index (Phi) is 11.2. The molecule has 0 radical (unpaired) electrons. The quantitative estimate of drug-likeness (QED) is 0.370. The summed E-state index contributed by atoms with van der Waals surface area (Å²) in [5.41, 5.74) is 0.414. The van der Waals surface area contributed by atoms with E-state index in [0.717, 1.165) is 0 Å². The highest BCUT2D eigenvalue weighted by Crippen LogP contribution is 1.90. The van der Waals surface area contributed by atoms with Gasteiger partial charge >= 0.3 is 5.97 Å². The summed E-state index contributed by atoms with van der Waals surface area (Å²) >= 11 is 0. The highest BCUT2D eigenvalue weighted by atomic mass is 16.5. The van der Waals surface area contributed by atoms with Gasteiger partial charge in [0.15, 0.2) is 0 Å². The van der Waals surface area contributed by atoms with E-state index >= 15 is 0 Å². The first kappa shape index (κ1) is 13.5. The van der Waals surface area contributed by atoms with E-state index in [1.807, 2.05) is 0 Å². The smallest absolute Gasteiger partial charge is 0.333 e. The fourth-order valence-electron chi connectivity index (χ4n) is 0.258. The van der Waals surface area contributed by atoms with Crippen LogP contribution in [0.4, 0.5) is 0 Å². The normalized spacial score (nSPS) is 7.58. The van der Waals surface area contributed by atoms with Crippen LogP contribution >= 0.6 is 0 Å². The summed E-state index contributed by atoms with van der Waals surface area (Å²) in [7, 11) is 0. The summed E-state index contributed by atoms with van der Waals surface area (Å²) < 4.78 is 4.60. The van der Waals surface area contributed by atoms with Gasteiger partial charge < -0.3 is 4.74 Å². The van der Waals surface area contributed by atoms with Crippen molar-refractivity contribution in [2.45, 2.75) is 27.2 Å². The van der Waals surface area contributed by atoms with Crippen molar-refractivity contribution < 1.29 is 9.53 Å². The van der Waals surface area contributed by atoms with Gasteiger partial charge in [-0.1, -0.05) is 39.5 Å². The Morgan fingerprint density at radius 3 is 2.17 bits per heavy atom. The van der Waals surface area contributed by atoms with Gasteiger partial charge in [0.2, 0.25) is 0 Å². The van der Waals surface area contributed by atoms with Gasteiger partial charge in [-0.05, 0) is 6.92 Å². The summed E-state index contributed by atoms with van der Waals surface area (Å²) in [6, 6.07) is 0.